The lowest BCUT2D eigenvalue weighted by Crippen LogP contribution is -2.40. The van der Waals surface area contributed by atoms with E-state index in [4.69, 9.17) is 5.14 Å². The standard InChI is InChI=1S/C14H23N7O3S.ClH/c1-20-8-11-12(19-14(20)22)16-9-17-13(11)21-6-3-10(4-7-21)2-5-18-25(15,23)24;/h9-10,18H,2-8H2,1H3,(H2,15,23,24)(H,16,17,19,22);1H. The number of nitrogens with zero attached hydrogens (tertiary/aromatic N) is 4. The van der Waals surface area contributed by atoms with Crippen LogP contribution in [-0.2, 0) is 16.8 Å². The molecule has 3 rings (SSSR count). The van der Waals surface area contributed by atoms with Crippen molar-refractivity contribution in [3.8, 4) is 0 Å². The minimum atomic E-state index is -3.62. The van der Waals surface area contributed by atoms with Gasteiger partial charge in [0.25, 0.3) is 10.2 Å². The Morgan fingerprint density at radius 3 is 2.69 bits per heavy atom. The summed E-state index contributed by atoms with van der Waals surface area (Å²) in [7, 11) is -1.88. The molecule has 2 aliphatic rings. The van der Waals surface area contributed by atoms with Gasteiger partial charge in [-0.15, -0.1) is 12.4 Å². The number of urea groups is 1. The quantitative estimate of drug-likeness (QED) is 0.644. The van der Waals surface area contributed by atoms with Gasteiger partial charge >= 0.3 is 6.03 Å². The van der Waals surface area contributed by atoms with Crippen molar-refractivity contribution in [3.05, 3.63) is 11.9 Å². The van der Waals surface area contributed by atoms with E-state index in [1.54, 1.807) is 11.9 Å². The molecule has 26 heavy (non-hydrogen) atoms. The van der Waals surface area contributed by atoms with Crippen LogP contribution in [0.25, 0.3) is 0 Å². The fraction of sp³-hybridized carbons (Fsp3) is 0.643. The molecule has 12 heteroatoms. The molecule has 0 radical (unpaired) electrons. The molecule has 1 aromatic heterocycles. The third-order valence-corrected chi connectivity index (χ3v) is 5.27. The maximum absolute atomic E-state index is 11.7. The zero-order valence-electron chi connectivity index (χ0n) is 14.5. The fourth-order valence-electron chi connectivity index (χ4n) is 3.27. The Bertz CT molecular complexity index is 753. The van der Waals surface area contributed by atoms with E-state index in [0.717, 1.165) is 43.7 Å². The van der Waals surface area contributed by atoms with Crippen molar-refractivity contribution in [1.82, 2.24) is 19.6 Å². The van der Waals surface area contributed by atoms with Crippen molar-refractivity contribution in [2.75, 3.05) is 36.9 Å². The van der Waals surface area contributed by atoms with Gasteiger partial charge in [0, 0.05) is 26.7 Å². The maximum atomic E-state index is 11.7. The average molecular weight is 406 g/mol. The van der Waals surface area contributed by atoms with Gasteiger partial charge in [-0.1, -0.05) is 0 Å². The Labute approximate surface area is 159 Å². The summed E-state index contributed by atoms with van der Waals surface area (Å²) in [5.41, 5.74) is 0.930. The van der Waals surface area contributed by atoms with E-state index < -0.39 is 10.2 Å². The van der Waals surface area contributed by atoms with E-state index in [1.807, 2.05) is 0 Å². The first-order chi connectivity index (χ1) is 11.8. The monoisotopic (exact) mass is 405 g/mol. The topological polar surface area (TPSA) is 134 Å². The van der Waals surface area contributed by atoms with E-state index in [2.05, 4.69) is 24.9 Å². The van der Waals surface area contributed by atoms with Crippen LogP contribution in [0.1, 0.15) is 24.8 Å². The zero-order chi connectivity index (χ0) is 18.0. The zero-order valence-corrected chi connectivity index (χ0v) is 16.1. The van der Waals surface area contributed by atoms with E-state index in [1.165, 1.54) is 6.33 Å². The number of piperidine rings is 1. The van der Waals surface area contributed by atoms with E-state index in [-0.39, 0.29) is 18.4 Å². The van der Waals surface area contributed by atoms with Crippen LogP contribution in [0.4, 0.5) is 16.4 Å². The van der Waals surface area contributed by atoms with E-state index >= 15 is 0 Å². The second-order valence-electron chi connectivity index (χ2n) is 6.47. The normalized spacial score (nSPS) is 18.2. The minimum absolute atomic E-state index is 0. The van der Waals surface area contributed by atoms with Crippen LogP contribution in [0, 0.1) is 5.92 Å². The molecule has 2 amide bonds. The van der Waals surface area contributed by atoms with E-state index in [9.17, 15) is 13.2 Å². The van der Waals surface area contributed by atoms with Crippen LogP contribution in [-0.4, -0.2) is 56.0 Å². The Balaban J connectivity index is 0.00000243. The number of nitrogens with one attached hydrogen (secondary N) is 2. The molecule has 10 nitrogen and oxygen atoms in total. The molecule has 2 aliphatic heterocycles. The van der Waals surface area contributed by atoms with Crippen LogP contribution >= 0.6 is 12.4 Å². The molecule has 1 saturated heterocycles. The molecule has 1 aromatic rings. The number of rotatable bonds is 5. The lowest BCUT2D eigenvalue weighted by Gasteiger charge is -2.35. The number of anilines is 2. The highest BCUT2D eigenvalue weighted by Gasteiger charge is 2.28. The first-order valence-electron chi connectivity index (χ1n) is 8.22. The lowest BCUT2D eigenvalue weighted by atomic mass is 9.93. The molecule has 0 aromatic carbocycles. The van der Waals surface area contributed by atoms with Crippen LogP contribution in [0.5, 0.6) is 0 Å². The number of carbonyl (C=O) groups is 1. The molecule has 0 atom stereocenters. The molecule has 0 spiro atoms. The first kappa shape index (κ1) is 20.6. The van der Waals surface area contributed by atoms with Gasteiger partial charge in [0.1, 0.15) is 18.0 Å². The molecule has 4 N–H and O–H groups in total. The maximum Gasteiger partial charge on any atom is 0.323 e. The van der Waals surface area contributed by atoms with Crippen molar-refractivity contribution in [2.45, 2.75) is 25.8 Å². The Morgan fingerprint density at radius 1 is 1.35 bits per heavy atom. The molecule has 0 saturated carbocycles. The SMILES string of the molecule is CN1Cc2c(ncnc2N2CCC(CCNS(N)(=O)=O)CC2)NC1=O.Cl. The number of aromatic nitrogens is 2. The number of hydrogen-bond acceptors (Lipinski definition) is 6. The third kappa shape index (κ3) is 4.93. The molecular formula is C14H24ClN7O3S. The predicted octanol–water partition coefficient (Wildman–Crippen LogP) is 0.275. The van der Waals surface area contributed by atoms with Gasteiger partial charge in [0.15, 0.2) is 0 Å². The minimum Gasteiger partial charge on any atom is -0.356 e. The van der Waals surface area contributed by atoms with Crippen LogP contribution in [0.2, 0.25) is 0 Å². The molecular weight excluding hydrogens is 382 g/mol. The highest BCUT2D eigenvalue weighted by atomic mass is 35.5. The second-order valence-corrected chi connectivity index (χ2v) is 7.85. The molecule has 3 heterocycles. The summed E-state index contributed by atoms with van der Waals surface area (Å²) in [6.45, 7) is 2.51. The average Bonchev–Trinajstić information content (AvgIpc) is 2.55. The lowest BCUT2D eigenvalue weighted by molar-refractivity contribution is 0.218. The van der Waals surface area contributed by atoms with Crippen LogP contribution in [0.15, 0.2) is 6.33 Å². The van der Waals surface area contributed by atoms with Gasteiger partial charge < -0.3 is 9.80 Å². The largest absolute Gasteiger partial charge is 0.356 e. The summed E-state index contributed by atoms with van der Waals surface area (Å²) in [5.74, 6) is 1.89. The molecule has 0 bridgehead atoms. The number of carbonyl (C=O) groups excluding carboxylic acids is 1. The van der Waals surface area contributed by atoms with Crippen molar-refractivity contribution in [2.24, 2.45) is 11.1 Å². The third-order valence-electron chi connectivity index (χ3n) is 4.66. The summed E-state index contributed by atoms with van der Waals surface area (Å²) in [5, 5.41) is 7.71. The fourth-order valence-corrected chi connectivity index (χ4v) is 3.68. The van der Waals surface area contributed by atoms with Crippen molar-refractivity contribution in [3.63, 3.8) is 0 Å². The van der Waals surface area contributed by atoms with Gasteiger partial charge in [0.05, 0.1) is 12.1 Å². The number of nitrogens with two attached hydrogens (primary N) is 1. The summed E-state index contributed by atoms with van der Waals surface area (Å²) in [4.78, 5) is 24.1. The highest BCUT2D eigenvalue weighted by molar-refractivity contribution is 7.87. The van der Waals surface area contributed by atoms with Crippen LogP contribution < -0.4 is 20.1 Å². The van der Waals surface area contributed by atoms with Crippen molar-refractivity contribution >= 4 is 40.3 Å². The van der Waals surface area contributed by atoms with Gasteiger partial charge in [-0.3, -0.25) is 5.32 Å². The van der Waals surface area contributed by atoms with Gasteiger partial charge in [-0.25, -0.2) is 24.6 Å². The number of amides is 2. The Hall–Kier alpha value is -1.69. The number of halogens is 1. The van der Waals surface area contributed by atoms with Crippen molar-refractivity contribution in [1.29, 1.82) is 0 Å². The summed E-state index contributed by atoms with van der Waals surface area (Å²) in [6.07, 6.45) is 4.15. The van der Waals surface area contributed by atoms with Gasteiger partial charge in [0.2, 0.25) is 0 Å². The predicted molar refractivity (Wildman–Crippen MR) is 100 cm³/mol. The van der Waals surface area contributed by atoms with Crippen molar-refractivity contribution < 1.29 is 13.2 Å². The van der Waals surface area contributed by atoms with Gasteiger partial charge in [-0.05, 0) is 25.2 Å². The Kier molecular flexibility index (Phi) is 6.61. The number of hydrogen-bond donors (Lipinski definition) is 3. The number of fused-ring (bicyclic) bond motifs is 1. The van der Waals surface area contributed by atoms with Crippen LogP contribution in [0.3, 0.4) is 0 Å². The summed E-state index contributed by atoms with van der Waals surface area (Å²) in [6, 6.07) is -0.168. The van der Waals surface area contributed by atoms with Gasteiger partial charge in [-0.2, -0.15) is 8.42 Å². The highest BCUT2D eigenvalue weighted by Crippen LogP contribution is 2.31. The molecule has 0 aliphatic carbocycles. The summed E-state index contributed by atoms with van der Waals surface area (Å²) >= 11 is 0. The van der Waals surface area contributed by atoms with E-state index in [0.29, 0.717) is 24.8 Å². The smallest absolute Gasteiger partial charge is 0.323 e. The molecule has 0 unspecified atom stereocenters. The second kappa shape index (κ2) is 8.33. The Morgan fingerprint density at radius 2 is 2.04 bits per heavy atom. The summed E-state index contributed by atoms with van der Waals surface area (Å²) < 4.78 is 24.1. The molecule has 1 fully saturated rings. The first-order valence-corrected chi connectivity index (χ1v) is 9.76. The molecule has 146 valence electrons.